The highest BCUT2D eigenvalue weighted by atomic mass is 32.1. The van der Waals surface area contributed by atoms with Gasteiger partial charge in [0.1, 0.15) is 4.88 Å². The maximum atomic E-state index is 12.1. The van der Waals surface area contributed by atoms with Crippen molar-refractivity contribution in [2.75, 3.05) is 5.73 Å². The molecule has 0 aliphatic heterocycles. The number of rotatable bonds is 3. The van der Waals surface area contributed by atoms with E-state index in [4.69, 9.17) is 5.73 Å². The summed E-state index contributed by atoms with van der Waals surface area (Å²) < 4.78 is 0. The third kappa shape index (κ3) is 2.96. The van der Waals surface area contributed by atoms with Crippen LogP contribution in [0.15, 0.2) is 29.6 Å². The fraction of sp³-hybridized carbons (Fsp3) is 0.267. The summed E-state index contributed by atoms with van der Waals surface area (Å²) in [6.45, 7) is 6.11. The van der Waals surface area contributed by atoms with Gasteiger partial charge in [-0.2, -0.15) is 0 Å². The number of nitrogen functional groups attached to an aromatic ring is 1. The number of anilines is 1. The van der Waals surface area contributed by atoms with Crippen molar-refractivity contribution in [2.45, 2.75) is 26.8 Å². The number of hydrogen-bond donors (Lipinski definition) is 2. The molecule has 0 spiro atoms. The summed E-state index contributed by atoms with van der Waals surface area (Å²) >= 11 is 1.36. The Morgan fingerprint density at radius 2 is 2.05 bits per heavy atom. The van der Waals surface area contributed by atoms with Crippen LogP contribution in [0.4, 0.5) is 5.69 Å². The highest BCUT2D eigenvalue weighted by Crippen LogP contribution is 2.22. The maximum absolute atomic E-state index is 12.1. The fourth-order valence-electron chi connectivity index (χ4n) is 2.16. The number of carbonyl (C=O) groups excluding carboxylic acids is 1. The summed E-state index contributed by atoms with van der Waals surface area (Å²) in [5.74, 6) is -0.111. The first-order chi connectivity index (χ1) is 8.99. The van der Waals surface area contributed by atoms with Gasteiger partial charge in [-0.15, -0.1) is 11.3 Å². The smallest absolute Gasteiger partial charge is 0.263 e. The Balaban J connectivity index is 2.15. The standard InChI is InChI=1S/C15H18N2OS/c1-9-4-5-12(10(2)8-9)11(3)17-15(18)14-13(16)6-7-19-14/h4-8,11H,16H2,1-3H3,(H,17,18). The number of nitrogens with two attached hydrogens (primary N) is 1. The quantitative estimate of drug-likeness (QED) is 0.900. The predicted molar refractivity (Wildman–Crippen MR) is 80.5 cm³/mol. The summed E-state index contributed by atoms with van der Waals surface area (Å²) in [6, 6.07) is 7.96. The van der Waals surface area contributed by atoms with Gasteiger partial charge in [-0.1, -0.05) is 23.8 Å². The van der Waals surface area contributed by atoms with Crippen LogP contribution < -0.4 is 11.1 Å². The van der Waals surface area contributed by atoms with E-state index >= 15 is 0 Å². The van der Waals surface area contributed by atoms with E-state index in [2.05, 4.69) is 37.4 Å². The van der Waals surface area contributed by atoms with E-state index in [9.17, 15) is 4.79 Å². The zero-order valence-corrected chi connectivity index (χ0v) is 12.2. The van der Waals surface area contributed by atoms with Gasteiger partial charge in [0.05, 0.1) is 11.7 Å². The minimum atomic E-state index is -0.111. The fourth-order valence-corrected chi connectivity index (χ4v) is 2.88. The first-order valence-corrected chi connectivity index (χ1v) is 7.08. The molecule has 3 N–H and O–H groups in total. The second-order valence-corrected chi connectivity index (χ2v) is 5.68. The molecule has 100 valence electrons. The number of carbonyl (C=O) groups is 1. The molecule has 1 unspecified atom stereocenters. The molecule has 0 saturated heterocycles. The Kier molecular flexibility index (Phi) is 3.90. The third-order valence-corrected chi connectivity index (χ3v) is 4.07. The lowest BCUT2D eigenvalue weighted by Crippen LogP contribution is -2.27. The van der Waals surface area contributed by atoms with Crippen LogP contribution in [0.5, 0.6) is 0 Å². The zero-order valence-electron chi connectivity index (χ0n) is 11.4. The number of benzene rings is 1. The average molecular weight is 274 g/mol. The highest BCUT2D eigenvalue weighted by Gasteiger charge is 2.16. The Labute approximate surface area is 117 Å². The van der Waals surface area contributed by atoms with Crippen LogP contribution in [-0.4, -0.2) is 5.91 Å². The summed E-state index contributed by atoms with van der Waals surface area (Å²) in [6.07, 6.45) is 0. The summed E-state index contributed by atoms with van der Waals surface area (Å²) in [5.41, 5.74) is 9.84. The number of thiophene rings is 1. The highest BCUT2D eigenvalue weighted by molar-refractivity contribution is 7.12. The first kappa shape index (κ1) is 13.6. The predicted octanol–water partition coefficient (Wildman–Crippen LogP) is 3.44. The molecule has 1 aromatic heterocycles. The van der Waals surface area contributed by atoms with Crippen LogP contribution in [0.3, 0.4) is 0 Å². The lowest BCUT2D eigenvalue weighted by Gasteiger charge is -2.17. The summed E-state index contributed by atoms with van der Waals surface area (Å²) in [5, 5.41) is 4.82. The molecule has 19 heavy (non-hydrogen) atoms. The second kappa shape index (κ2) is 5.45. The minimum absolute atomic E-state index is 0.0328. The molecule has 0 aliphatic carbocycles. The largest absolute Gasteiger partial charge is 0.397 e. The molecule has 0 aliphatic rings. The van der Waals surface area contributed by atoms with Crippen LogP contribution in [0.2, 0.25) is 0 Å². The van der Waals surface area contributed by atoms with Crippen LogP contribution in [0.1, 0.15) is 39.3 Å². The van der Waals surface area contributed by atoms with Gasteiger partial charge in [0, 0.05) is 0 Å². The van der Waals surface area contributed by atoms with Crippen molar-refractivity contribution < 1.29 is 4.79 Å². The normalized spacial score (nSPS) is 12.2. The van der Waals surface area contributed by atoms with Crippen LogP contribution in [0, 0.1) is 13.8 Å². The lowest BCUT2D eigenvalue weighted by molar-refractivity contribution is 0.0945. The Morgan fingerprint density at radius 3 is 2.63 bits per heavy atom. The van der Waals surface area contributed by atoms with E-state index in [-0.39, 0.29) is 11.9 Å². The Morgan fingerprint density at radius 1 is 1.32 bits per heavy atom. The van der Waals surface area contributed by atoms with Gasteiger partial charge in [-0.25, -0.2) is 0 Å². The summed E-state index contributed by atoms with van der Waals surface area (Å²) in [7, 11) is 0. The van der Waals surface area contributed by atoms with Gasteiger partial charge in [0.2, 0.25) is 0 Å². The van der Waals surface area contributed by atoms with Crippen LogP contribution in [0.25, 0.3) is 0 Å². The molecule has 0 fully saturated rings. The van der Waals surface area contributed by atoms with Crippen molar-refractivity contribution in [3.63, 3.8) is 0 Å². The molecule has 3 nitrogen and oxygen atoms in total. The number of nitrogens with one attached hydrogen (secondary N) is 1. The van der Waals surface area contributed by atoms with Crippen molar-refractivity contribution in [1.82, 2.24) is 5.32 Å². The summed E-state index contributed by atoms with van der Waals surface area (Å²) in [4.78, 5) is 12.7. The topological polar surface area (TPSA) is 55.1 Å². The van der Waals surface area contributed by atoms with Gasteiger partial charge < -0.3 is 11.1 Å². The van der Waals surface area contributed by atoms with E-state index in [0.29, 0.717) is 10.6 Å². The molecule has 4 heteroatoms. The SMILES string of the molecule is Cc1ccc(C(C)NC(=O)c2sccc2N)c(C)c1. The van der Waals surface area contributed by atoms with Crippen molar-refractivity contribution in [3.8, 4) is 0 Å². The van der Waals surface area contributed by atoms with Gasteiger partial charge >= 0.3 is 0 Å². The molecule has 0 saturated carbocycles. The van der Waals surface area contributed by atoms with E-state index in [1.54, 1.807) is 6.07 Å². The second-order valence-electron chi connectivity index (χ2n) is 4.76. The van der Waals surface area contributed by atoms with E-state index in [0.717, 1.165) is 5.56 Å². The maximum Gasteiger partial charge on any atom is 0.263 e. The number of amides is 1. The van der Waals surface area contributed by atoms with E-state index in [1.807, 2.05) is 12.3 Å². The molecule has 2 rings (SSSR count). The Hall–Kier alpha value is -1.81. The van der Waals surface area contributed by atoms with Gasteiger partial charge in [-0.3, -0.25) is 4.79 Å². The van der Waals surface area contributed by atoms with Gasteiger partial charge in [0.15, 0.2) is 0 Å². The molecule has 1 amide bonds. The van der Waals surface area contributed by atoms with Crippen molar-refractivity contribution in [3.05, 3.63) is 51.2 Å². The zero-order chi connectivity index (χ0) is 14.0. The van der Waals surface area contributed by atoms with Crippen LogP contribution >= 0.6 is 11.3 Å². The molecule has 1 aromatic carbocycles. The lowest BCUT2D eigenvalue weighted by atomic mass is 10.0. The van der Waals surface area contributed by atoms with Crippen LogP contribution in [-0.2, 0) is 0 Å². The molecule has 1 atom stereocenters. The molecule has 0 radical (unpaired) electrons. The van der Waals surface area contributed by atoms with E-state index in [1.165, 1.54) is 22.5 Å². The molecule has 2 aromatic rings. The van der Waals surface area contributed by atoms with Crippen molar-refractivity contribution in [1.29, 1.82) is 0 Å². The third-order valence-electron chi connectivity index (χ3n) is 3.14. The van der Waals surface area contributed by atoms with Crippen molar-refractivity contribution in [2.24, 2.45) is 0 Å². The number of hydrogen-bond acceptors (Lipinski definition) is 3. The molecular formula is C15H18N2OS. The van der Waals surface area contributed by atoms with Gasteiger partial charge in [0.25, 0.3) is 5.91 Å². The molecule has 0 bridgehead atoms. The average Bonchev–Trinajstić information content (AvgIpc) is 2.75. The minimum Gasteiger partial charge on any atom is -0.397 e. The number of aryl methyl sites for hydroxylation is 2. The van der Waals surface area contributed by atoms with Gasteiger partial charge in [-0.05, 0) is 43.3 Å². The molecular weight excluding hydrogens is 256 g/mol. The Bertz CT molecular complexity index is 604. The van der Waals surface area contributed by atoms with Crippen molar-refractivity contribution >= 4 is 22.9 Å². The van der Waals surface area contributed by atoms with E-state index < -0.39 is 0 Å². The molecule has 1 heterocycles. The first-order valence-electron chi connectivity index (χ1n) is 6.20. The monoisotopic (exact) mass is 274 g/mol.